The molecule has 156 valence electrons. The first kappa shape index (κ1) is 22.6. The molecule has 0 heterocycles. The van der Waals surface area contributed by atoms with Gasteiger partial charge in [-0.05, 0) is 68.8 Å². The van der Waals surface area contributed by atoms with E-state index in [0.29, 0.717) is 25.7 Å². The molecule has 1 saturated carbocycles. The molecule has 2 rings (SSSR count). The van der Waals surface area contributed by atoms with E-state index < -0.39 is 24.3 Å². The summed E-state index contributed by atoms with van der Waals surface area (Å²) in [6.07, 6.45) is 7.90. The lowest BCUT2D eigenvalue weighted by Crippen LogP contribution is -2.24. The van der Waals surface area contributed by atoms with Crippen molar-refractivity contribution >= 4 is 5.97 Å². The topological polar surface area (TPSA) is 98.0 Å². The zero-order chi connectivity index (χ0) is 20.4. The molecule has 5 atom stereocenters. The van der Waals surface area contributed by atoms with E-state index in [1.807, 2.05) is 24.3 Å². The van der Waals surface area contributed by atoms with E-state index in [2.05, 4.69) is 12.1 Å². The fourth-order valence-electron chi connectivity index (χ4n) is 4.26. The monoisotopic (exact) mass is 390 g/mol. The lowest BCUT2D eigenvalue weighted by molar-refractivity contribution is -0.136. The molecule has 5 nitrogen and oxygen atoms in total. The number of hydrogen-bond donors (Lipinski definition) is 4. The fraction of sp³-hybridized carbons (Fsp3) is 0.609. The molecule has 5 heteroatoms. The van der Waals surface area contributed by atoms with Gasteiger partial charge in [0.1, 0.15) is 0 Å². The summed E-state index contributed by atoms with van der Waals surface area (Å²) in [4.78, 5) is 10.5. The van der Waals surface area contributed by atoms with Crippen LogP contribution in [0.25, 0.3) is 0 Å². The molecule has 1 fully saturated rings. The van der Waals surface area contributed by atoms with Gasteiger partial charge in [0.05, 0.1) is 24.7 Å². The fourth-order valence-corrected chi connectivity index (χ4v) is 4.26. The van der Waals surface area contributed by atoms with Crippen LogP contribution in [0.1, 0.15) is 56.9 Å². The van der Waals surface area contributed by atoms with Crippen LogP contribution in [-0.4, -0.2) is 44.7 Å². The summed E-state index contributed by atoms with van der Waals surface area (Å²) in [5, 5.41) is 39.6. The van der Waals surface area contributed by atoms with Gasteiger partial charge in [0, 0.05) is 0 Å². The second-order valence-electron chi connectivity index (χ2n) is 7.95. The molecule has 28 heavy (non-hydrogen) atoms. The third-order valence-corrected chi connectivity index (χ3v) is 5.83. The van der Waals surface area contributed by atoms with Crippen LogP contribution in [0.4, 0.5) is 0 Å². The van der Waals surface area contributed by atoms with Gasteiger partial charge in [-0.2, -0.15) is 0 Å². The number of aliphatic hydroxyl groups excluding tert-OH is 3. The zero-order valence-electron chi connectivity index (χ0n) is 16.5. The van der Waals surface area contributed by atoms with Crippen molar-refractivity contribution in [2.24, 2.45) is 11.8 Å². The first-order valence-electron chi connectivity index (χ1n) is 10.4. The molecule has 0 spiro atoms. The summed E-state index contributed by atoms with van der Waals surface area (Å²) >= 11 is 0. The largest absolute Gasteiger partial charge is 0.481 e. The average molecular weight is 391 g/mol. The number of hydrogen-bond acceptors (Lipinski definition) is 4. The van der Waals surface area contributed by atoms with Crippen molar-refractivity contribution < 1.29 is 25.2 Å². The highest BCUT2D eigenvalue weighted by molar-refractivity contribution is 5.68. The molecule has 0 bridgehead atoms. The van der Waals surface area contributed by atoms with Crippen LogP contribution < -0.4 is 0 Å². The molecule has 0 aromatic heterocycles. The van der Waals surface area contributed by atoms with Gasteiger partial charge >= 0.3 is 5.97 Å². The Labute approximate surface area is 167 Å². The molecule has 0 unspecified atom stereocenters. The van der Waals surface area contributed by atoms with Gasteiger partial charge in [0.25, 0.3) is 0 Å². The Morgan fingerprint density at radius 3 is 2.39 bits per heavy atom. The van der Waals surface area contributed by atoms with E-state index in [9.17, 15) is 20.1 Å². The number of carboxylic acids is 1. The number of rotatable bonds is 12. The zero-order valence-corrected chi connectivity index (χ0v) is 16.5. The number of unbranched alkanes of at least 4 members (excludes halogenated alkanes) is 1. The van der Waals surface area contributed by atoms with Crippen LogP contribution in [0, 0.1) is 11.8 Å². The summed E-state index contributed by atoms with van der Waals surface area (Å²) in [6, 6.07) is 10.1. The first-order chi connectivity index (χ1) is 13.5. The number of aliphatic carboxylic acids is 1. The Morgan fingerprint density at radius 1 is 1.04 bits per heavy atom. The van der Waals surface area contributed by atoms with Crippen molar-refractivity contribution in [2.45, 2.75) is 76.1 Å². The molecule has 1 aliphatic carbocycles. The molecular weight excluding hydrogens is 356 g/mol. The lowest BCUT2D eigenvalue weighted by atomic mass is 9.84. The van der Waals surface area contributed by atoms with E-state index >= 15 is 0 Å². The molecule has 1 aliphatic rings. The van der Waals surface area contributed by atoms with E-state index in [1.165, 1.54) is 5.56 Å². The Balaban J connectivity index is 1.73. The number of aryl methyl sites for hydroxylation is 1. The van der Waals surface area contributed by atoms with Crippen LogP contribution >= 0.6 is 0 Å². The highest BCUT2D eigenvalue weighted by atomic mass is 16.4. The summed E-state index contributed by atoms with van der Waals surface area (Å²) in [5.41, 5.74) is 1.21. The highest BCUT2D eigenvalue weighted by Crippen LogP contribution is 2.39. The summed E-state index contributed by atoms with van der Waals surface area (Å²) in [5.74, 6) is -0.773. The molecular formula is C23H34O5. The number of carbonyl (C=O) groups is 1. The van der Waals surface area contributed by atoms with Crippen molar-refractivity contribution in [1.82, 2.24) is 0 Å². The van der Waals surface area contributed by atoms with Gasteiger partial charge in [-0.3, -0.25) is 4.79 Å². The average Bonchev–Trinajstić information content (AvgIpc) is 2.94. The van der Waals surface area contributed by atoms with Crippen LogP contribution in [-0.2, 0) is 11.2 Å². The van der Waals surface area contributed by atoms with Crippen LogP contribution in [0.5, 0.6) is 0 Å². The molecule has 1 aromatic carbocycles. The Hall–Kier alpha value is -1.69. The van der Waals surface area contributed by atoms with Crippen molar-refractivity contribution in [3.63, 3.8) is 0 Å². The van der Waals surface area contributed by atoms with E-state index in [1.54, 1.807) is 6.08 Å². The quantitative estimate of drug-likeness (QED) is 0.324. The normalized spacial score (nSPS) is 26.0. The lowest BCUT2D eigenvalue weighted by Gasteiger charge is -2.24. The SMILES string of the molecule is O=C(O)C/C=C\CCC[C@@H]1[C@@H](CC[C@@H](O)CCc2ccccc2)[C@H](O)C[C@@H]1O. The molecule has 1 aromatic rings. The third-order valence-electron chi connectivity index (χ3n) is 5.83. The molecule has 0 radical (unpaired) electrons. The molecule has 0 aliphatic heterocycles. The molecule has 0 amide bonds. The minimum Gasteiger partial charge on any atom is -0.481 e. The maximum atomic E-state index is 10.5. The van der Waals surface area contributed by atoms with Gasteiger partial charge in [0.15, 0.2) is 0 Å². The predicted octanol–water partition coefficient (Wildman–Crippen LogP) is 3.32. The van der Waals surface area contributed by atoms with Gasteiger partial charge in [-0.25, -0.2) is 0 Å². The number of carboxylic acid groups (broad SMARTS) is 1. The van der Waals surface area contributed by atoms with Crippen LogP contribution in [0.3, 0.4) is 0 Å². The maximum Gasteiger partial charge on any atom is 0.307 e. The Morgan fingerprint density at radius 2 is 1.71 bits per heavy atom. The minimum absolute atomic E-state index is 0.0179. The smallest absolute Gasteiger partial charge is 0.307 e. The molecule has 4 N–H and O–H groups in total. The van der Waals surface area contributed by atoms with Crippen molar-refractivity contribution in [1.29, 1.82) is 0 Å². The van der Waals surface area contributed by atoms with E-state index in [-0.39, 0.29) is 18.3 Å². The summed E-state index contributed by atoms with van der Waals surface area (Å²) in [7, 11) is 0. The third kappa shape index (κ3) is 7.74. The summed E-state index contributed by atoms with van der Waals surface area (Å²) < 4.78 is 0. The van der Waals surface area contributed by atoms with Crippen molar-refractivity contribution in [2.75, 3.05) is 0 Å². The van der Waals surface area contributed by atoms with E-state index in [4.69, 9.17) is 5.11 Å². The van der Waals surface area contributed by atoms with Crippen LogP contribution in [0.2, 0.25) is 0 Å². The van der Waals surface area contributed by atoms with Crippen LogP contribution in [0.15, 0.2) is 42.5 Å². The van der Waals surface area contributed by atoms with Gasteiger partial charge in [-0.1, -0.05) is 42.5 Å². The molecule has 0 saturated heterocycles. The first-order valence-corrected chi connectivity index (χ1v) is 10.4. The second kappa shape index (κ2) is 12.0. The predicted molar refractivity (Wildman–Crippen MR) is 109 cm³/mol. The summed E-state index contributed by atoms with van der Waals surface area (Å²) in [6.45, 7) is 0. The second-order valence-corrected chi connectivity index (χ2v) is 7.95. The van der Waals surface area contributed by atoms with E-state index in [0.717, 1.165) is 25.7 Å². The van der Waals surface area contributed by atoms with Gasteiger partial charge in [0.2, 0.25) is 0 Å². The van der Waals surface area contributed by atoms with Gasteiger partial charge < -0.3 is 20.4 Å². The minimum atomic E-state index is -0.837. The maximum absolute atomic E-state index is 10.5. The number of benzene rings is 1. The standard InChI is InChI=1S/C23H34O5/c24-18(13-12-17-8-4-3-5-9-17)14-15-20-19(21(25)16-22(20)26)10-6-1-2-7-11-23(27)28/h2-5,7-9,18-22,24-26H,1,6,10-16H2,(H,27,28)/b7-2-/t18-,19+,20+,21-,22+/m0/s1. The Bertz CT molecular complexity index is 600. The number of aliphatic hydroxyl groups is 3. The van der Waals surface area contributed by atoms with Gasteiger partial charge in [-0.15, -0.1) is 0 Å². The highest BCUT2D eigenvalue weighted by Gasteiger charge is 2.40. The van der Waals surface area contributed by atoms with Crippen molar-refractivity contribution in [3.8, 4) is 0 Å². The van der Waals surface area contributed by atoms with Crippen molar-refractivity contribution in [3.05, 3.63) is 48.0 Å². The Kier molecular flexibility index (Phi) is 9.68. The number of allylic oxidation sites excluding steroid dienone is 1.